The van der Waals surface area contributed by atoms with E-state index < -0.39 is 11.7 Å². The Morgan fingerprint density at radius 1 is 1.42 bits per heavy atom. The zero-order chi connectivity index (χ0) is 8.27. The number of carbonyl (C=O) groups excluding carboxylic acids is 1. The van der Waals surface area contributed by atoms with Crippen LogP contribution in [0, 0.1) is 0 Å². The van der Waals surface area contributed by atoms with Crippen LogP contribution in [0.3, 0.4) is 0 Å². The number of rotatable bonds is 1. The highest BCUT2D eigenvalue weighted by Gasteiger charge is 2.17. The van der Waals surface area contributed by atoms with E-state index >= 15 is 0 Å². The van der Waals surface area contributed by atoms with Gasteiger partial charge in [0.15, 0.2) is 5.83 Å². The zero-order valence-electron chi connectivity index (χ0n) is 6.60. The Morgan fingerprint density at radius 3 is 2.33 bits per heavy atom. The number of carbonyl (C=O) groups is 1. The molecule has 0 atom stereocenters. The molecule has 70 valence electrons. The fourth-order valence-corrected chi connectivity index (χ4v) is 1.25. The maximum atomic E-state index is 12.9. The molecule has 0 aliphatic heterocycles. The maximum absolute atomic E-state index is 12.9. The third-order valence-corrected chi connectivity index (χ3v) is 1.85. The highest BCUT2D eigenvalue weighted by Crippen LogP contribution is 2.27. The fourth-order valence-electron chi connectivity index (χ4n) is 1.25. The molecule has 1 aliphatic rings. The molecule has 1 aliphatic carbocycles. The Hall–Kier alpha value is -0.610. The van der Waals surface area contributed by atoms with Crippen molar-refractivity contribution in [1.82, 2.24) is 5.43 Å². The van der Waals surface area contributed by atoms with E-state index in [1.807, 2.05) is 0 Å². The molecular weight excluding hydrogens is 183 g/mol. The lowest BCUT2D eigenvalue weighted by Gasteiger charge is -1.98. The molecule has 0 bridgehead atoms. The van der Waals surface area contributed by atoms with Gasteiger partial charge in [-0.05, 0) is 31.3 Å². The molecule has 0 heterocycles. The minimum absolute atomic E-state index is 0. The molecule has 12 heavy (non-hydrogen) atoms. The summed E-state index contributed by atoms with van der Waals surface area (Å²) in [4.78, 5) is 10.6. The molecule has 0 spiro atoms. The van der Waals surface area contributed by atoms with Gasteiger partial charge in [0.2, 0.25) is 0 Å². The maximum Gasteiger partial charge on any atom is 0.293 e. The molecule has 0 aromatic carbocycles. The van der Waals surface area contributed by atoms with Gasteiger partial charge in [-0.25, -0.2) is 10.2 Å². The molecule has 1 amide bonds. The zero-order valence-corrected chi connectivity index (χ0v) is 7.42. The van der Waals surface area contributed by atoms with Gasteiger partial charge < -0.3 is 0 Å². The lowest BCUT2D eigenvalue weighted by atomic mass is 10.2. The summed E-state index contributed by atoms with van der Waals surface area (Å²) in [5.41, 5.74) is 2.37. The number of allylic oxidation sites excluding steroid dienone is 1. The number of amides is 1. The van der Waals surface area contributed by atoms with Crippen LogP contribution in [0.1, 0.15) is 25.7 Å². The summed E-state index contributed by atoms with van der Waals surface area (Å²) in [5.74, 6) is 3.27. The van der Waals surface area contributed by atoms with Gasteiger partial charge in [0.25, 0.3) is 5.91 Å². The monoisotopic (exact) mass is 194 g/mol. The summed E-state index contributed by atoms with van der Waals surface area (Å²) in [6, 6.07) is 0. The van der Waals surface area contributed by atoms with E-state index in [0.717, 1.165) is 12.8 Å². The second-order valence-corrected chi connectivity index (χ2v) is 2.60. The molecule has 5 heteroatoms. The lowest BCUT2D eigenvalue weighted by Crippen LogP contribution is -2.30. The van der Waals surface area contributed by atoms with E-state index in [2.05, 4.69) is 0 Å². The van der Waals surface area contributed by atoms with Gasteiger partial charge in [-0.15, -0.1) is 12.4 Å². The van der Waals surface area contributed by atoms with Crippen LogP contribution < -0.4 is 11.3 Å². The van der Waals surface area contributed by atoms with E-state index in [1.54, 1.807) is 5.43 Å². The van der Waals surface area contributed by atoms with Crippen molar-refractivity contribution in [3.8, 4) is 0 Å². The first-order valence-electron chi connectivity index (χ1n) is 3.64. The van der Waals surface area contributed by atoms with E-state index in [-0.39, 0.29) is 12.4 Å². The van der Waals surface area contributed by atoms with Crippen molar-refractivity contribution in [2.45, 2.75) is 25.7 Å². The summed E-state index contributed by atoms with van der Waals surface area (Å²) in [7, 11) is 0. The Labute approximate surface area is 76.6 Å². The van der Waals surface area contributed by atoms with Gasteiger partial charge in [0.05, 0.1) is 0 Å². The second-order valence-electron chi connectivity index (χ2n) is 2.60. The molecule has 0 aromatic rings. The minimum atomic E-state index is -0.804. The Kier molecular flexibility index (Phi) is 4.85. The van der Waals surface area contributed by atoms with Crippen molar-refractivity contribution in [3.63, 3.8) is 0 Å². The van der Waals surface area contributed by atoms with E-state index in [0.29, 0.717) is 18.4 Å². The van der Waals surface area contributed by atoms with E-state index in [4.69, 9.17) is 5.84 Å². The number of nitrogens with two attached hydrogens (primary N) is 1. The molecule has 0 unspecified atom stereocenters. The summed E-state index contributed by atoms with van der Waals surface area (Å²) in [5, 5.41) is 0. The van der Waals surface area contributed by atoms with Crippen molar-refractivity contribution in [1.29, 1.82) is 0 Å². The molecule has 0 radical (unpaired) electrons. The van der Waals surface area contributed by atoms with Crippen LogP contribution in [0.4, 0.5) is 4.39 Å². The SMILES string of the molecule is Cl.NNC(=O)C(F)=C1CCCC1. The smallest absolute Gasteiger partial charge is 0.288 e. The quantitative estimate of drug-likeness (QED) is 0.285. The molecule has 3 nitrogen and oxygen atoms in total. The first-order valence-corrected chi connectivity index (χ1v) is 3.64. The van der Waals surface area contributed by atoms with Crippen LogP contribution in [-0.2, 0) is 4.79 Å². The molecule has 1 saturated carbocycles. The summed E-state index contributed by atoms with van der Waals surface area (Å²) < 4.78 is 12.9. The van der Waals surface area contributed by atoms with Crippen molar-refractivity contribution in [3.05, 3.63) is 11.4 Å². The minimum Gasteiger partial charge on any atom is -0.288 e. The summed E-state index contributed by atoms with van der Waals surface area (Å²) in [6.07, 6.45) is 3.33. The standard InChI is InChI=1S/C7H11FN2O.ClH/c8-6(7(11)10-9)5-3-1-2-4-5;/h1-4,9H2,(H,10,11);1H. The van der Waals surface area contributed by atoms with Crippen LogP contribution in [-0.4, -0.2) is 5.91 Å². The Balaban J connectivity index is 0.00000121. The third kappa shape index (κ3) is 2.46. The average Bonchev–Trinajstić information content (AvgIpc) is 2.53. The van der Waals surface area contributed by atoms with Crippen molar-refractivity contribution >= 4 is 18.3 Å². The van der Waals surface area contributed by atoms with E-state index in [9.17, 15) is 9.18 Å². The van der Waals surface area contributed by atoms with Gasteiger partial charge in [0.1, 0.15) is 0 Å². The number of hydrazine groups is 1. The van der Waals surface area contributed by atoms with Gasteiger partial charge >= 0.3 is 0 Å². The number of nitrogens with one attached hydrogen (secondary N) is 1. The second kappa shape index (κ2) is 5.11. The van der Waals surface area contributed by atoms with Gasteiger partial charge in [-0.1, -0.05) is 0 Å². The average molecular weight is 195 g/mol. The molecule has 1 rings (SSSR count). The summed E-state index contributed by atoms with van der Waals surface area (Å²) >= 11 is 0. The fraction of sp³-hybridized carbons (Fsp3) is 0.571. The number of hydrogen-bond donors (Lipinski definition) is 2. The molecular formula is C7H12ClFN2O. The van der Waals surface area contributed by atoms with Crippen LogP contribution in [0.2, 0.25) is 0 Å². The van der Waals surface area contributed by atoms with E-state index in [1.165, 1.54) is 0 Å². The normalized spacial score (nSPS) is 15.3. The molecule has 0 aromatic heterocycles. The first kappa shape index (κ1) is 11.4. The lowest BCUT2D eigenvalue weighted by molar-refractivity contribution is -0.119. The molecule has 0 saturated heterocycles. The van der Waals surface area contributed by atoms with Crippen molar-refractivity contribution < 1.29 is 9.18 Å². The van der Waals surface area contributed by atoms with Crippen LogP contribution in [0.25, 0.3) is 0 Å². The number of halogens is 2. The summed E-state index contributed by atoms with van der Waals surface area (Å²) in [6.45, 7) is 0. The Morgan fingerprint density at radius 2 is 1.92 bits per heavy atom. The number of hydrogen-bond acceptors (Lipinski definition) is 2. The van der Waals surface area contributed by atoms with Crippen molar-refractivity contribution in [2.24, 2.45) is 5.84 Å². The largest absolute Gasteiger partial charge is 0.293 e. The van der Waals surface area contributed by atoms with Gasteiger partial charge in [0, 0.05) is 0 Å². The predicted molar refractivity (Wildman–Crippen MR) is 46.2 cm³/mol. The van der Waals surface area contributed by atoms with Crippen LogP contribution in [0.15, 0.2) is 11.4 Å². The highest BCUT2D eigenvalue weighted by atomic mass is 35.5. The van der Waals surface area contributed by atoms with Crippen LogP contribution >= 0.6 is 12.4 Å². The molecule has 3 N–H and O–H groups in total. The molecule has 1 fully saturated rings. The first-order chi connectivity index (χ1) is 5.25. The Bertz CT molecular complexity index is 198. The highest BCUT2D eigenvalue weighted by molar-refractivity contribution is 5.91. The van der Waals surface area contributed by atoms with Crippen molar-refractivity contribution in [2.75, 3.05) is 0 Å². The predicted octanol–water partition coefficient (Wildman–Crippen LogP) is 1.20. The van der Waals surface area contributed by atoms with Crippen LogP contribution in [0.5, 0.6) is 0 Å². The third-order valence-electron chi connectivity index (χ3n) is 1.85. The topological polar surface area (TPSA) is 55.1 Å². The van der Waals surface area contributed by atoms with Gasteiger partial charge in [-0.3, -0.25) is 10.2 Å². The van der Waals surface area contributed by atoms with Gasteiger partial charge in [-0.2, -0.15) is 0 Å².